The van der Waals surface area contributed by atoms with E-state index in [1.807, 2.05) is 20.8 Å². The van der Waals surface area contributed by atoms with Crippen LogP contribution >= 0.6 is 0 Å². The number of rotatable bonds is 7. The molecule has 1 N–H and O–H groups in total. The molecule has 4 heteroatoms. The largest absolute Gasteiger partial charge is 0.391 e. The van der Waals surface area contributed by atoms with Crippen molar-refractivity contribution in [3.05, 3.63) is 0 Å². The second-order valence-electron chi connectivity index (χ2n) is 3.23. The lowest BCUT2D eigenvalue weighted by atomic mass is 10.4. The third kappa shape index (κ3) is 20.0. The van der Waals surface area contributed by atoms with Crippen molar-refractivity contribution in [1.29, 1.82) is 0 Å². The summed E-state index contributed by atoms with van der Waals surface area (Å²) in [5.41, 5.74) is 0. The number of hydrogen-bond donors (Lipinski definition) is 1. The Morgan fingerprint density at radius 1 is 1.07 bits per heavy atom. The Bertz CT molecular complexity index is 105. The molecular formula is C11H26O4. The number of aliphatic hydroxyl groups is 1. The fourth-order valence-electron chi connectivity index (χ4n) is 0.790. The van der Waals surface area contributed by atoms with Crippen molar-refractivity contribution in [2.45, 2.75) is 39.9 Å². The molecule has 0 amide bonds. The molecule has 94 valence electrons. The molecule has 15 heavy (non-hydrogen) atoms. The first-order valence-corrected chi connectivity index (χ1v) is 5.44. The van der Waals surface area contributed by atoms with Crippen LogP contribution in [0, 0.1) is 0 Å². The number of hydrogen-bond acceptors (Lipinski definition) is 4. The molecular weight excluding hydrogens is 196 g/mol. The van der Waals surface area contributed by atoms with E-state index in [-0.39, 0.29) is 12.2 Å². The van der Waals surface area contributed by atoms with Crippen molar-refractivity contribution < 1.29 is 19.3 Å². The van der Waals surface area contributed by atoms with Crippen molar-refractivity contribution in [3.8, 4) is 0 Å². The van der Waals surface area contributed by atoms with Crippen LogP contribution < -0.4 is 0 Å². The average Bonchev–Trinajstić information content (AvgIpc) is 2.17. The van der Waals surface area contributed by atoms with Gasteiger partial charge >= 0.3 is 0 Å². The molecule has 0 radical (unpaired) electrons. The first-order chi connectivity index (χ1) is 7.08. The van der Waals surface area contributed by atoms with Crippen molar-refractivity contribution in [2.75, 3.05) is 33.5 Å². The molecule has 0 saturated carbocycles. The average molecular weight is 222 g/mol. The topological polar surface area (TPSA) is 47.9 Å². The van der Waals surface area contributed by atoms with Crippen LogP contribution in [0.1, 0.15) is 27.7 Å². The second-order valence-corrected chi connectivity index (χ2v) is 3.23. The molecule has 4 nitrogen and oxygen atoms in total. The molecule has 0 rings (SSSR count). The molecule has 0 saturated heterocycles. The molecule has 0 aromatic heterocycles. The van der Waals surface area contributed by atoms with Crippen LogP contribution in [0.4, 0.5) is 0 Å². The number of methoxy groups -OCH3 is 1. The van der Waals surface area contributed by atoms with E-state index < -0.39 is 0 Å². The standard InChI is InChI=1S/C7H16O3.C4H10O/c1-6(8)4-10-7(2)5-9-3;1-3-5-4-2/h6-8H,4-5H2,1-3H3;3-4H2,1-2H3. The highest BCUT2D eigenvalue weighted by molar-refractivity contribution is 4.48. The molecule has 0 bridgehead atoms. The molecule has 0 aromatic carbocycles. The van der Waals surface area contributed by atoms with Gasteiger partial charge in [0.1, 0.15) is 0 Å². The lowest BCUT2D eigenvalue weighted by molar-refractivity contribution is -0.0268. The van der Waals surface area contributed by atoms with E-state index in [2.05, 4.69) is 0 Å². The molecule has 0 spiro atoms. The molecule has 0 aliphatic heterocycles. The van der Waals surface area contributed by atoms with Crippen molar-refractivity contribution in [1.82, 2.24) is 0 Å². The predicted octanol–water partition coefficient (Wildman–Crippen LogP) is 1.46. The van der Waals surface area contributed by atoms with Gasteiger partial charge in [-0.3, -0.25) is 0 Å². The van der Waals surface area contributed by atoms with Crippen LogP contribution in [-0.2, 0) is 14.2 Å². The summed E-state index contributed by atoms with van der Waals surface area (Å²) in [6.45, 7) is 10.2. The lowest BCUT2D eigenvalue weighted by Gasteiger charge is -2.12. The monoisotopic (exact) mass is 222 g/mol. The molecule has 0 aromatic rings. The highest BCUT2D eigenvalue weighted by Gasteiger charge is 2.02. The number of aliphatic hydroxyl groups excluding tert-OH is 1. The Balaban J connectivity index is 0. The van der Waals surface area contributed by atoms with Crippen LogP contribution in [-0.4, -0.2) is 50.9 Å². The van der Waals surface area contributed by atoms with Crippen molar-refractivity contribution in [2.24, 2.45) is 0 Å². The SMILES string of the molecule is CCOCC.COCC(C)OCC(C)O. The molecule has 2 atom stereocenters. The molecule has 0 fully saturated rings. The van der Waals surface area contributed by atoms with Gasteiger partial charge in [-0.15, -0.1) is 0 Å². The summed E-state index contributed by atoms with van der Waals surface area (Å²) in [6.07, 6.45) is -0.320. The third-order valence-corrected chi connectivity index (χ3v) is 1.43. The van der Waals surface area contributed by atoms with E-state index in [4.69, 9.17) is 19.3 Å². The van der Waals surface area contributed by atoms with Gasteiger partial charge in [0.2, 0.25) is 0 Å². The minimum absolute atomic E-state index is 0.0691. The van der Waals surface area contributed by atoms with Gasteiger partial charge in [0, 0.05) is 20.3 Å². The van der Waals surface area contributed by atoms with Crippen LogP contribution in [0.25, 0.3) is 0 Å². The minimum Gasteiger partial charge on any atom is -0.391 e. The quantitative estimate of drug-likeness (QED) is 0.708. The normalized spacial score (nSPS) is 14.0. The third-order valence-electron chi connectivity index (χ3n) is 1.43. The zero-order chi connectivity index (χ0) is 12.1. The van der Waals surface area contributed by atoms with Gasteiger partial charge in [0.15, 0.2) is 0 Å². The van der Waals surface area contributed by atoms with Crippen molar-refractivity contribution >= 4 is 0 Å². The van der Waals surface area contributed by atoms with Gasteiger partial charge in [-0.25, -0.2) is 0 Å². The summed E-state index contributed by atoms with van der Waals surface area (Å²) in [6, 6.07) is 0. The van der Waals surface area contributed by atoms with Gasteiger partial charge in [0.25, 0.3) is 0 Å². The zero-order valence-corrected chi connectivity index (χ0v) is 10.7. The smallest absolute Gasteiger partial charge is 0.0781 e. The molecule has 2 unspecified atom stereocenters. The first kappa shape index (κ1) is 17.2. The van der Waals surface area contributed by atoms with E-state index in [1.54, 1.807) is 14.0 Å². The Hall–Kier alpha value is -0.160. The predicted molar refractivity (Wildman–Crippen MR) is 61.1 cm³/mol. The van der Waals surface area contributed by atoms with Gasteiger partial charge in [-0.2, -0.15) is 0 Å². The summed E-state index contributed by atoms with van der Waals surface area (Å²) in [5, 5.41) is 8.80. The van der Waals surface area contributed by atoms with Crippen LogP contribution in [0.2, 0.25) is 0 Å². The first-order valence-electron chi connectivity index (χ1n) is 5.44. The maximum Gasteiger partial charge on any atom is 0.0781 e. The number of ether oxygens (including phenoxy) is 3. The fraction of sp³-hybridized carbons (Fsp3) is 1.00. The van der Waals surface area contributed by atoms with E-state index in [9.17, 15) is 0 Å². The Kier molecular flexibility index (Phi) is 15.9. The highest BCUT2D eigenvalue weighted by atomic mass is 16.5. The second kappa shape index (κ2) is 13.8. The summed E-state index contributed by atoms with van der Waals surface area (Å²) in [5.74, 6) is 0. The van der Waals surface area contributed by atoms with E-state index in [0.29, 0.717) is 13.2 Å². The van der Waals surface area contributed by atoms with E-state index >= 15 is 0 Å². The Labute approximate surface area is 93.5 Å². The van der Waals surface area contributed by atoms with Crippen LogP contribution in [0.3, 0.4) is 0 Å². The summed E-state index contributed by atoms with van der Waals surface area (Å²) < 4.78 is 14.8. The maximum absolute atomic E-state index is 8.80. The van der Waals surface area contributed by atoms with Crippen LogP contribution in [0.15, 0.2) is 0 Å². The van der Waals surface area contributed by atoms with Crippen molar-refractivity contribution in [3.63, 3.8) is 0 Å². The van der Waals surface area contributed by atoms with Gasteiger partial charge in [-0.1, -0.05) is 0 Å². The molecule has 0 aliphatic rings. The van der Waals surface area contributed by atoms with E-state index in [1.165, 1.54) is 0 Å². The summed E-state index contributed by atoms with van der Waals surface area (Å²) in [7, 11) is 1.63. The van der Waals surface area contributed by atoms with Gasteiger partial charge in [-0.05, 0) is 27.7 Å². The lowest BCUT2D eigenvalue weighted by Crippen LogP contribution is -2.20. The Morgan fingerprint density at radius 2 is 1.60 bits per heavy atom. The van der Waals surface area contributed by atoms with Crippen LogP contribution in [0.5, 0.6) is 0 Å². The minimum atomic E-state index is -0.390. The van der Waals surface area contributed by atoms with Gasteiger partial charge in [0.05, 0.1) is 25.4 Å². The highest BCUT2D eigenvalue weighted by Crippen LogP contribution is 1.92. The van der Waals surface area contributed by atoms with Gasteiger partial charge < -0.3 is 19.3 Å². The zero-order valence-electron chi connectivity index (χ0n) is 10.7. The summed E-state index contributed by atoms with van der Waals surface area (Å²) in [4.78, 5) is 0. The fourth-order valence-corrected chi connectivity index (χ4v) is 0.790. The Morgan fingerprint density at radius 3 is 1.87 bits per heavy atom. The maximum atomic E-state index is 8.80. The summed E-state index contributed by atoms with van der Waals surface area (Å²) >= 11 is 0. The van der Waals surface area contributed by atoms with E-state index in [0.717, 1.165) is 13.2 Å². The molecule has 0 heterocycles. The molecule has 0 aliphatic carbocycles.